The first-order chi connectivity index (χ1) is 10.2. The molecule has 0 aliphatic carbocycles. The predicted molar refractivity (Wildman–Crippen MR) is 89.5 cm³/mol. The largest absolute Gasteiger partial charge is 0.296 e. The van der Waals surface area contributed by atoms with E-state index in [1.165, 1.54) is 0 Å². The summed E-state index contributed by atoms with van der Waals surface area (Å²) in [6, 6.07) is 1.77. The van der Waals surface area contributed by atoms with Gasteiger partial charge < -0.3 is 0 Å². The van der Waals surface area contributed by atoms with Gasteiger partial charge in [-0.05, 0) is 12.5 Å². The summed E-state index contributed by atoms with van der Waals surface area (Å²) in [4.78, 5) is 24.2. The van der Waals surface area contributed by atoms with Crippen molar-refractivity contribution < 1.29 is 6.22 Å². The van der Waals surface area contributed by atoms with Crippen LogP contribution in [0, 0.1) is 0 Å². The molecule has 0 aliphatic rings. The molecule has 114 valence electrons. The number of hydrogen-bond acceptors (Lipinski definition) is 4. The van der Waals surface area contributed by atoms with Crippen LogP contribution in [-0.2, 0) is 4.79 Å². The van der Waals surface area contributed by atoms with Gasteiger partial charge in [-0.3, -0.25) is 15.1 Å². The zero-order chi connectivity index (χ0) is 15.5. The molecule has 5 heteroatoms. The van der Waals surface area contributed by atoms with Crippen molar-refractivity contribution in [3.8, 4) is 0 Å². The minimum Gasteiger partial charge on any atom is -0.296 e. The van der Waals surface area contributed by atoms with E-state index in [4.69, 9.17) is 0 Å². The molecule has 0 spiro atoms. The van der Waals surface area contributed by atoms with Crippen molar-refractivity contribution >= 4 is 23.6 Å². The molecule has 0 aliphatic heterocycles. The number of hydrogen-bond donors (Lipinski definition) is 1. The highest BCUT2D eigenvalue weighted by molar-refractivity contribution is 6.09. The normalized spacial score (nSPS) is 11.6. The van der Waals surface area contributed by atoms with E-state index in [1.807, 2.05) is 6.08 Å². The van der Waals surface area contributed by atoms with Crippen LogP contribution < -0.4 is 5.32 Å². The third-order valence-corrected chi connectivity index (χ3v) is 2.78. The van der Waals surface area contributed by atoms with Gasteiger partial charge in [-0.1, -0.05) is 38.5 Å². The van der Waals surface area contributed by atoms with E-state index in [1.54, 1.807) is 31.6 Å². The molecule has 1 rings (SSSR count). The fraction of sp³-hybridized carbons (Fsp3) is 0.375. The van der Waals surface area contributed by atoms with Gasteiger partial charge in [0.05, 0.1) is 5.69 Å². The Bertz CT molecular complexity index is 541. The number of carbonyl (C=O) groups is 1. The van der Waals surface area contributed by atoms with Crippen LogP contribution in [0.25, 0.3) is 5.57 Å². The monoisotopic (exact) mass is 288 g/mol. The van der Waals surface area contributed by atoms with E-state index in [2.05, 4.69) is 33.8 Å². The summed E-state index contributed by atoms with van der Waals surface area (Å²) in [5, 5.41) is 2.72. The maximum Gasteiger partial charge on any atom is 0.229 e. The Morgan fingerprint density at radius 2 is 2.33 bits per heavy atom. The first kappa shape index (κ1) is 16.8. The molecule has 5 nitrogen and oxygen atoms in total. The quantitative estimate of drug-likeness (QED) is 0.452. The molecular weight excluding hydrogens is 264 g/mol. The van der Waals surface area contributed by atoms with E-state index in [0.717, 1.165) is 24.8 Å². The second-order valence-corrected chi connectivity index (χ2v) is 4.52. The lowest BCUT2D eigenvalue weighted by atomic mass is 10.2. The predicted octanol–water partition coefficient (Wildman–Crippen LogP) is 3.51. The number of amides is 1. The molecule has 1 N–H and O–H groups in total. The maximum atomic E-state index is 11.8. The molecular formula is C16H24N4O. The number of nitrogens with zero attached hydrogens (tertiary/aromatic N) is 3. The van der Waals surface area contributed by atoms with Gasteiger partial charge in [0.2, 0.25) is 11.9 Å². The van der Waals surface area contributed by atoms with Crippen LogP contribution in [0.5, 0.6) is 0 Å². The Hall–Kier alpha value is -2.30. The Morgan fingerprint density at radius 1 is 1.52 bits per heavy atom. The first-order valence-corrected chi connectivity index (χ1v) is 7.09. The summed E-state index contributed by atoms with van der Waals surface area (Å²) >= 11 is 0. The summed E-state index contributed by atoms with van der Waals surface area (Å²) in [5.74, 6) is 0.257. The van der Waals surface area contributed by atoms with Crippen LogP contribution in [-0.4, -0.2) is 29.1 Å². The van der Waals surface area contributed by atoms with E-state index < -0.39 is 0 Å². The molecule has 0 saturated carbocycles. The Labute approximate surface area is 127 Å². The van der Waals surface area contributed by atoms with Crippen LogP contribution in [0.1, 0.15) is 39.7 Å². The number of allylic oxidation sites excluding steroid dienone is 3. The van der Waals surface area contributed by atoms with Crippen LogP contribution in [0.15, 0.2) is 36.0 Å². The molecule has 1 aromatic rings. The maximum absolute atomic E-state index is 11.8. The highest BCUT2D eigenvalue weighted by Gasteiger charge is 2.06. The SMILES string of the molecule is C=C/C=C(\C=NC)c1ccnc(NC(=O)CCCCC)n1.[HH]. The lowest BCUT2D eigenvalue weighted by Crippen LogP contribution is -2.14. The van der Waals surface area contributed by atoms with E-state index >= 15 is 0 Å². The van der Waals surface area contributed by atoms with Crippen molar-refractivity contribution in [1.29, 1.82) is 0 Å². The summed E-state index contributed by atoms with van der Waals surface area (Å²) < 4.78 is 0. The van der Waals surface area contributed by atoms with Gasteiger partial charge >= 0.3 is 0 Å². The Kier molecular flexibility index (Phi) is 7.64. The van der Waals surface area contributed by atoms with E-state index in [0.29, 0.717) is 18.1 Å². The molecule has 0 atom stereocenters. The lowest BCUT2D eigenvalue weighted by Gasteiger charge is -2.05. The molecule has 0 bridgehead atoms. The molecule has 0 saturated heterocycles. The topological polar surface area (TPSA) is 67.2 Å². The van der Waals surface area contributed by atoms with Gasteiger partial charge in [0, 0.05) is 32.9 Å². The summed E-state index contributed by atoms with van der Waals surface area (Å²) in [6.45, 7) is 5.77. The summed E-state index contributed by atoms with van der Waals surface area (Å²) in [5.41, 5.74) is 1.51. The van der Waals surface area contributed by atoms with E-state index in [9.17, 15) is 4.79 Å². The molecule has 1 amide bonds. The lowest BCUT2D eigenvalue weighted by molar-refractivity contribution is -0.116. The van der Waals surface area contributed by atoms with Crippen molar-refractivity contribution in [2.75, 3.05) is 12.4 Å². The third-order valence-electron chi connectivity index (χ3n) is 2.78. The fourth-order valence-corrected chi connectivity index (χ4v) is 1.76. The number of aromatic nitrogens is 2. The molecule has 0 unspecified atom stereocenters. The minimum absolute atomic E-state index is 0. The smallest absolute Gasteiger partial charge is 0.229 e. The third kappa shape index (κ3) is 6.12. The minimum atomic E-state index is -0.0565. The second kappa shape index (κ2) is 9.58. The van der Waals surface area contributed by atoms with Gasteiger partial charge in [-0.25, -0.2) is 9.97 Å². The average Bonchev–Trinajstić information content (AvgIpc) is 2.47. The van der Waals surface area contributed by atoms with Crippen LogP contribution >= 0.6 is 0 Å². The van der Waals surface area contributed by atoms with E-state index in [-0.39, 0.29) is 7.33 Å². The van der Waals surface area contributed by atoms with Crippen molar-refractivity contribution in [1.82, 2.24) is 9.97 Å². The van der Waals surface area contributed by atoms with Gasteiger partial charge in [0.1, 0.15) is 0 Å². The number of carbonyl (C=O) groups excluding carboxylic acids is 1. The van der Waals surface area contributed by atoms with Crippen LogP contribution in [0.2, 0.25) is 0 Å². The van der Waals surface area contributed by atoms with Crippen LogP contribution in [0.4, 0.5) is 5.95 Å². The standard InChI is InChI=1S/C16H22N4O.H2/c1-4-6-7-9-15(21)20-16-18-11-10-14(19-16)13(8-5-2)12-17-3;/h5,8,10-12H,2,4,6-7,9H2,1,3H3,(H,18,19,20,21);1H/b13-8+,17-12?;. The number of anilines is 1. The molecule has 0 radical (unpaired) electrons. The second-order valence-electron chi connectivity index (χ2n) is 4.52. The molecule has 1 aromatic heterocycles. The molecule has 0 aromatic carbocycles. The van der Waals surface area contributed by atoms with Crippen molar-refractivity contribution in [2.24, 2.45) is 4.99 Å². The number of rotatable bonds is 8. The molecule has 21 heavy (non-hydrogen) atoms. The van der Waals surface area contributed by atoms with Crippen LogP contribution in [0.3, 0.4) is 0 Å². The number of unbranched alkanes of at least 4 members (excludes halogenated alkanes) is 2. The average molecular weight is 288 g/mol. The Morgan fingerprint density at radius 3 is 3.00 bits per heavy atom. The highest BCUT2D eigenvalue weighted by atomic mass is 16.1. The number of aliphatic imine (C=N–C) groups is 1. The first-order valence-electron chi connectivity index (χ1n) is 7.09. The van der Waals surface area contributed by atoms with Gasteiger partial charge in [0.25, 0.3) is 0 Å². The highest BCUT2D eigenvalue weighted by Crippen LogP contribution is 2.12. The fourth-order valence-electron chi connectivity index (χ4n) is 1.76. The van der Waals surface area contributed by atoms with Gasteiger partial charge in [0.15, 0.2) is 0 Å². The van der Waals surface area contributed by atoms with Crippen molar-refractivity contribution in [3.05, 3.63) is 36.7 Å². The van der Waals surface area contributed by atoms with Gasteiger partial charge in [-0.15, -0.1) is 0 Å². The molecule has 0 fully saturated rings. The zero-order valence-electron chi connectivity index (χ0n) is 12.7. The van der Waals surface area contributed by atoms with Crippen molar-refractivity contribution in [3.63, 3.8) is 0 Å². The zero-order valence-corrected chi connectivity index (χ0v) is 12.7. The summed E-state index contributed by atoms with van der Waals surface area (Å²) in [7, 11) is 1.69. The van der Waals surface area contributed by atoms with Crippen molar-refractivity contribution in [2.45, 2.75) is 32.6 Å². The summed E-state index contributed by atoms with van der Waals surface area (Å²) in [6.07, 6.45) is 10.3. The van der Waals surface area contributed by atoms with Gasteiger partial charge in [-0.2, -0.15) is 0 Å². The Balaban J connectivity index is 0.00000441. The molecule has 1 heterocycles. The number of nitrogens with one attached hydrogen (secondary N) is 1.